The van der Waals surface area contributed by atoms with Gasteiger partial charge >= 0.3 is 0 Å². The summed E-state index contributed by atoms with van der Waals surface area (Å²) < 4.78 is 1.83. The average molecular weight is 264 g/mol. The molecule has 98 valence electrons. The fourth-order valence-corrected chi connectivity index (χ4v) is 2.54. The highest BCUT2D eigenvalue weighted by Gasteiger charge is 2.09. The number of aryl methyl sites for hydroxylation is 2. The number of hydrogen-bond acceptors (Lipinski definition) is 4. The van der Waals surface area contributed by atoms with E-state index in [9.17, 15) is 0 Å². The van der Waals surface area contributed by atoms with Crippen molar-refractivity contribution in [3.8, 4) is 11.3 Å². The van der Waals surface area contributed by atoms with E-state index in [0.717, 1.165) is 34.5 Å². The molecule has 0 aliphatic carbocycles. The summed E-state index contributed by atoms with van der Waals surface area (Å²) in [7, 11) is 1.94. The van der Waals surface area contributed by atoms with Crippen LogP contribution in [0.25, 0.3) is 11.3 Å². The van der Waals surface area contributed by atoms with E-state index in [1.54, 1.807) is 11.3 Å². The van der Waals surface area contributed by atoms with E-state index >= 15 is 0 Å². The Labute approximate surface area is 112 Å². The van der Waals surface area contributed by atoms with E-state index in [4.69, 9.17) is 0 Å². The Morgan fingerprint density at radius 2 is 2.22 bits per heavy atom. The number of thiazole rings is 1. The second-order valence-corrected chi connectivity index (χ2v) is 5.81. The molecule has 0 radical (unpaired) electrons. The summed E-state index contributed by atoms with van der Waals surface area (Å²) in [6.07, 6.45) is 3.18. The van der Waals surface area contributed by atoms with Crippen molar-refractivity contribution in [2.24, 2.45) is 13.0 Å². The predicted octanol–water partition coefficient (Wildman–Crippen LogP) is 3.31. The van der Waals surface area contributed by atoms with Crippen molar-refractivity contribution in [2.45, 2.75) is 27.2 Å². The van der Waals surface area contributed by atoms with E-state index in [1.807, 2.05) is 24.9 Å². The molecular formula is C13H20N4S. The van der Waals surface area contributed by atoms with E-state index in [0.29, 0.717) is 0 Å². The van der Waals surface area contributed by atoms with Crippen molar-refractivity contribution >= 4 is 16.5 Å². The molecule has 1 N–H and O–H groups in total. The van der Waals surface area contributed by atoms with Crippen LogP contribution in [0.1, 0.15) is 26.0 Å². The van der Waals surface area contributed by atoms with Gasteiger partial charge < -0.3 is 5.32 Å². The molecule has 2 rings (SSSR count). The van der Waals surface area contributed by atoms with Gasteiger partial charge in [0.25, 0.3) is 0 Å². The molecule has 5 heteroatoms. The number of anilines is 1. The van der Waals surface area contributed by atoms with Crippen molar-refractivity contribution in [1.82, 2.24) is 14.8 Å². The molecule has 0 aliphatic rings. The van der Waals surface area contributed by atoms with Gasteiger partial charge in [0.1, 0.15) is 0 Å². The Morgan fingerprint density at radius 1 is 1.44 bits per heavy atom. The van der Waals surface area contributed by atoms with Crippen LogP contribution in [0.4, 0.5) is 5.13 Å². The number of nitrogens with one attached hydrogen (secondary N) is 1. The molecule has 0 aliphatic heterocycles. The zero-order valence-electron chi connectivity index (χ0n) is 11.4. The van der Waals surface area contributed by atoms with Gasteiger partial charge in [0, 0.05) is 30.7 Å². The fourth-order valence-electron chi connectivity index (χ4n) is 1.80. The summed E-state index contributed by atoms with van der Waals surface area (Å²) in [5.74, 6) is 0.720. The molecule has 2 aromatic rings. The molecule has 0 saturated carbocycles. The smallest absolute Gasteiger partial charge is 0.183 e. The summed E-state index contributed by atoms with van der Waals surface area (Å²) in [5.41, 5.74) is 3.15. The zero-order valence-corrected chi connectivity index (χ0v) is 12.2. The lowest BCUT2D eigenvalue weighted by atomic mass is 10.1. The molecular weight excluding hydrogens is 244 g/mol. The summed E-state index contributed by atoms with van der Waals surface area (Å²) >= 11 is 1.65. The van der Waals surface area contributed by atoms with Crippen LogP contribution in [0.3, 0.4) is 0 Å². The third-order valence-electron chi connectivity index (χ3n) is 2.79. The van der Waals surface area contributed by atoms with Crippen LogP contribution in [-0.2, 0) is 7.05 Å². The van der Waals surface area contributed by atoms with Gasteiger partial charge in [0.2, 0.25) is 0 Å². The molecule has 0 aromatic carbocycles. The molecule has 2 aromatic heterocycles. The molecule has 0 atom stereocenters. The number of rotatable bonds is 5. The monoisotopic (exact) mass is 264 g/mol. The van der Waals surface area contributed by atoms with E-state index in [-0.39, 0.29) is 0 Å². The molecule has 0 saturated heterocycles. The molecule has 0 unspecified atom stereocenters. The summed E-state index contributed by atoms with van der Waals surface area (Å²) in [6, 6.07) is 0. The fraction of sp³-hybridized carbons (Fsp3) is 0.538. The van der Waals surface area contributed by atoms with Gasteiger partial charge in [-0.2, -0.15) is 5.10 Å². The van der Waals surface area contributed by atoms with Gasteiger partial charge in [-0.25, -0.2) is 4.98 Å². The maximum atomic E-state index is 4.61. The number of aromatic nitrogens is 3. The normalized spacial score (nSPS) is 11.2. The second kappa shape index (κ2) is 5.52. The zero-order chi connectivity index (χ0) is 13.1. The topological polar surface area (TPSA) is 42.7 Å². The van der Waals surface area contributed by atoms with Gasteiger partial charge in [-0.15, -0.1) is 11.3 Å². The highest BCUT2D eigenvalue weighted by molar-refractivity contribution is 7.14. The first kappa shape index (κ1) is 13.1. The molecule has 0 fully saturated rings. The Morgan fingerprint density at radius 3 is 2.83 bits per heavy atom. The minimum absolute atomic E-state index is 0.720. The third kappa shape index (κ3) is 3.10. The lowest BCUT2D eigenvalue weighted by Gasteiger charge is -2.04. The van der Waals surface area contributed by atoms with E-state index < -0.39 is 0 Å². The predicted molar refractivity (Wildman–Crippen MR) is 77.0 cm³/mol. The number of hydrogen-bond donors (Lipinski definition) is 1. The Kier molecular flexibility index (Phi) is 4.01. The molecule has 2 heterocycles. The van der Waals surface area contributed by atoms with Crippen LogP contribution < -0.4 is 5.32 Å². The van der Waals surface area contributed by atoms with Gasteiger partial charge in [-0.05, 0) is 19.3 Å². The number of nitrogens with zero attached hydrogens (tertiary/aromatic N) is 3. The van der Waals surface area contributed by atoms with Crippen LogP contribution >= 0.6 is 11.3 Å². The van der Waals surface area contributed by atoms with Crippen LogP contribution in [0.2, 0.25) is 0 Å². The Balaban J connectivity index is 2.04. The maximum Gasteiger partial charge on any atom is 0.183 e. The largest absolute Gasteiger partial charge is 0.361 e. The van der Waals surface area contributed by atoms with Crippen molar-refractivity contribution < 1.29 is 0 Å². The quantitative estimate of drug-likeness (QED) is 0.901. The lowest BCUT2D eigenvalue weighted by molar-refractivity contribution is 0.607. The highest BCUT2D eigenvalue weighted by Crippen LogP contribution is 2.26. The molecule has 18 heavy (non-hydrogen) atoms. The molecule has 0 bridgehead atoms. The first-order valence-corrected chi connectivity index (χ1v) is 7.14. The Bertz CT molecular complexity index is 513. The minimum atomic E-state index is 0.720. The standard InChI is InChI=1S/C13H20N4S/c1-9(2)5-6-14-13-15-12(8-18-13)11-7-17(4)16-10(11)3/h7-9H,5-6H2,1-4H3,(H,14,15). The van der Waals surface area contributed by atoms with Gasteiger partial charge in [0.15, 0.2) is 5.13 Å². The lowest BCUT2D eigenvalue weighted by Crippen LogP contribution is -2.04. The van der Waals surface area contributed by atoms with Crippen LogP contribution in [-0.4, -0.2) is 21.3 Å². The summed E-state index contributed by atoms with van der Waals surface area (Å²) in [6.45, 7) is 7.46. The average Bonchev–Trinajstić information content (AvgIpc) is 2.85. The van der Waals surface area contributed by atoms with Crippen molar-refractivity contribution in [3.05, 3.63) is 17.3 Å². The molecule has 4 nitrogen and oxygen atoms in total. The van der Waals surface area contributed by atoms with Crippen molar-refractivity contribution in [1.29, 1.82) is 0 Å². The van der Waals surface area contributed by atoms with Crippen molar-refractivity contribution in [3.63, 3.8) is 0 Å². The highest BCUT2D eigenvalue weighted by atomic mass is 32.1. The van der Waals surface area contributed by atoms with Gasteiger partial charge in [-0.1, -0.05) is 13.8 Å². The summed E-state index contributed by atoms with van der Waals surface area (Å²) in [4.78, 5) is 4.61. The van der Waals surface area contributed by atoms with Gasteiger partial charge in [0.05, 0.1) is 11.4 Å². The van der Waals surface area contributed by atoms with Crippen LogP contribution in [0.15, 0.2) is 11.6 Å². The van der Waals surface area contributed by atoms with E-state index in [2.05, 4.69) is 34.6 Å². The Hall–Kier alpha value is -1.36. The second-order valence-electron chi connectivity index (χ2n) is 4.95. The molecule has 0 spiro atoms. The minimum Gasteiger partial charge on any atom is -0.361 e. The van der Waals surface area contributed by atoms with Gasteiger partial charge in [-0.3, -0.25) is 4.68 Å². The van der Waals surface area contributed by atoms with Crippen LogP contribution in [0.5, 0.6) is 0 Å². The summed E-state index contributed by atoms with van der Waals surface area (Å²) in [5, 5.41) is 10.8. The van der Waals surface area contributed by atoms with Crippen LogP contribution in [0, 0.1) is 12.8 Å². The third-order valence-corrected chi connectivity index (χ3v) is 3.59. The molecule has 0 amide bonds. The maximum absolute atomic E-state index is 4.61. The SMILES string of the molecule is Cc1nn(C)cc1-c1csc(NCCC(C)C)n1. The first-order valence-electron chi connectivity index (χ1n) is 6.26. The van der Waals surface area contributed by atoms with Crippen molar-refractivity contribution in [2.75, 3.05) is 11.9 Å². The first-order chi connectivity index (χ1) is 8.56. The van der Waals surface area contributed by atoms with E-state index in [1.165, 1.54) is 6.42 Å².